The summed E-state index contributed by atoms with van der Waals surface area (Å²) in [5.41, 5.74) is 0. The van der Waals surface area contributed by atoms with Crippen LogP contribution in [-0.4, -0.2) is 44.4 Å². The van der Waals surface area contributed by atoms with Crippen molar-refractivity contribution >= 4 is 16.3 Å². The molecule has 0 N–H and O–H groups in total. The highest BCUT2D eigenvalue weighted by Gasteiger charge is 2.27. The predicted octanol–water partition coefficient (Wildman–Crippen LogP) is 2.68. The van der Waals surface area contributed by atoms with Crippen molar-refractivity contribution in [1.29, 1.82) is 0 Å². The van der Waals surface area contributed by atoms with Crippen molar-refractivity contribution in [3.63, 3.8) is 0 Å². The van der Waals surface area contributed by atoms with Gasteiger partial charge in [0, 0.05) is 0 Å². The van der Waals surface area contributed by atoms with E-state index in [1.807, 2.05) is 28.8 Å². The molecule has 2 aliphatic rings. The Balaban J connectivity index is 1.38. The second kappa shape index (κ2) is 6.27. The Hall–Kier alpha value is -2.19. The van der Waals surface area contributed by atoms with Crippen LogP contribution in [0.25, 0.3) is 4.96 Å². The van der Waals surface area contributed by atoms with Crippen LogP contribution in [-0.2, 0) is 6.54 Å². The molecular formula is C17H19N5O2S. The summed E-state index contributed by atoms with van der Waals surface area (Å²) in [6, 6.07) is 7.72. The van der Waals surface area contributed by atoms with E-state index >= 15 is 0 Å². The number of likely N-dealkylation sites (tertiary alicyclic amines) is 1. The smallest absolute Gasteiger partial charge is 0.234 e. The Morgan fingerprint density at radius 1 is 1.08 bits per heavy atom. The number of hydrogen-bond acceptors (Lipinski definition) is 7. The molecule has 0 spiro atoms. The molecule has 1 atom stereocenters. The Morgan fingerprint density at radius 3 is 2.80 bits per heavy atom. The second-order valence-electron chi connectivity index (χ2n) is 6.45. The molecule has 4 heterocycles. The maximum absolute atomic E-state index is 6.06. The number of piperidine rings is 1. The van der Waals surface area contributed by atoms with E-state index in [9.17, 15) is 0 Å². The molecule has 0 saturated carbocycles. The van der Waals surface area contributed by atoms with Crippen LogP contribution in [0.1, 0.15) is 36.2 Å². The Morgan fingerprint density at radius 2 is 1.92 bits per heavy atom. The zero-order chi connectivity index (χ0) is 16.6. The lowest BCUT2D eigenvalue weighted by molar-refractivity contribution is 0.0903. The van der Waals surface area contributed by atoms with Crippen LogP contribution in [0.5, 0.6) is 11.5 Å². The van der Waals surface area contributed by atoms with E-state index in [1.54, 1.807) is 0 Å². The molecule has 0 bridgehead atoms. The van der Waals surface area contributed by atoms with Crippen LogP contribution in [0.2, 0.25) is 0 Å². The average molecular weight is 357 g/mol. The number of benzene rings is 1. The topological polar surface area (TPSA) is 64.8 Å². The van der Waals surface area contributed by atoms with Gasteiger partial charge in [-0.3, -0.25) is 4.90 Å². The highest BCUT2D eigenvalue weighted by molar-refractivity contribution is 7.16. The number of aromatic nitrogens is 4. The van der Waals surface area contributed by atoms with Gasteiger partial charge in [0.25, 0.3) is 0 Å². The average Bonchev–Trinajstić information content (AvgIpc) is 3.24. The molecule has 1 fully saturated rings. The Kier molecular flexibility index (Phi) is 3.79. The van der Waals surface area contributed by atoms with Gasteiger partial charge in [0.2, 0.25) is 4.96 Å². The minimum atomic E-state index is -0.204. The third-order valence-corrected chi connectivity index (χ3v) is 5.66. The first kappa shape index (κ1) is 15.1. The molecule has 7 nitrogen and oxygen atoms in total. The summed E-state index contributed by atoms with van der Waals surface area (Å²) < 4.78 is 13.7. The monoisotopic (exact) mass is 357 g/mol. The van der Waals surface area contributed by atoms with Gasteiger partial charge in [-0.2, -0.15) is 9.61 Å². The molecule has 1 unspecified atom stereocenters. The van der Waals surface area contributed by atoms with E-state index in [1.165, 1.54) is 30.6 Å². The van der Waals surface area contributed by atoms with Crippen LogP contribution in [0.3, 0.4) is 0 Å². The number of fused-ring (bicyclic) bond motifs is 2. The van der Waals surface area contributed by atoms with Crippen molar-refractivity contribution in [3.05, 3.63) is 35.1 Å². The van der Waals surface area contributed by atoms with Crippen LogP contribution in [0.15, 0.2) is 24.3 Å². The first-order valence-corrected chi connectivity index (χ1v) is 9.50. The molecule has 0 amide bonds. The lowest BCUT2D eigenvalue weighted by atomic mass is 10.1. The van der Waals surface area contributed by atoms with Gasteiger partial charge in [-0.25, -0.2) is 0 Å². The molecule has 130 valence electrons. The molecule has 0 radical (unpaired) electrons. The fourth-order valence-electron chi connectivity index (χ4n) is 3.36. The molecule has 3 aromatic rings. The maximum atomic E-state index is 6.06. The molecular weight excluding hydrogens is 338 g/mol. The van der Waals surface area contributed by atoms with Gasteiger partial charge in [0.15, 0.2) is 28.4 Å². The van der Waals surface area contributed by atoms with Crippen molar-refractivity contribution in [1.82, 2.24) is 24.7 Å². The van der Waals surface area contributed by atoms with E-state index < -0.39 is 0 Å². The van der Waals surface area contributed by atoms with Gasteiger partial charge >= 0.3 is 0 Å². The van der Waals surface area contributed by atoms with E-state index in [4.69, 9.17) is 14.6 Å². The van der Waals surface area contributed by atoms with Crippen LogP contribution in [0.4, 0.5) is 0 Å². The number of nitrogens with zero attached hydrogens (tertiary/aromatic N) is 5. The van der Waals surface area contributed by atoms with Crippen LogP contribution < -0.4 is 9.47 Å². The fraction of sp³-hybridized carbons (Fsp3) is 0.471. The molecule has 0 aliphatic carbocycles. The quantitative estimate of drug-likeness (QED) is 0.718. The number of hydrogen-bond donors (Lipinski definition) is 0. The minimum Gasteiger partial charge on any atom is -0.485 e. The molecule has 5 rings (SSSR count). The van der Waals surface area contributed by atoms with E-state index in [0.717, 1.165) is 46.9 Å². The summed E-state index contributed by atoms with van der Waals surface area (Å²) in [6.07, 6.45) is 3.64. The summed E-state index contributed by atoms with van der Waals surface area (Å²) >= 11 is 1.52. The molecule has 2 aromatic heterocycles. The number of rotatable bonds is 3. The third-order valence-electron chi connectivity index (χ3n) is 4.67. The van der Waals surface area contributed by atoms with E-state index in [0.29, 0.717) is 6.61 Å². The second-order valence-corrected chi connectivity index (χ2v) is 7.44. The van der Waals surface area contributed by atoms with Gasteiger partial charge in [-0.1, -0.05) is 29.9 Å². The van der Waals surface area contributed by atoms with E-state index in [-0.39, 0.29) is 6.10 Å². The maximum Gasteiger partial charge on any atom is 0.234 e. The summed E-state index contributed by atoms with van der Waals surface area (Å²) in [5, 5.41) is 14.2. The van der Waals surface area contributed by atoms with Crippen molar-refractivity contribution in [2.45, 2.75) is 31.9 Å². The zero-order valence-corrected chi connectivity index (χ0v) is 14.6. The molecule has 8 heteroatoms. The molecule has 1 saturated heterocycles. The molecule has 25 heavy (non-hydrogen) atoms. The number of ether oxygens (including phenoxy) is 2. The zero-order valence-electron chi connectivity index (χ0n) is 13.8. The normalized spacial score (nSPS) is 20.9. The number of para-hydroxylation sites is 2. The Labute approximate surface area is 149 Å². The van der Waals surface area contributed by atoms with Gasteiger partial charge in [-0.05, 0) is 38.1 Å². The summed E-state index contributed by atoms with van der Waals surface area (Å²) in [7, 11) is 0. The third kappa shape index (κ3) is 2.85. The van der Waals surface area contributed by atoms with E-state index in [2.05, 4.69) is 15.1 Å². The highest BCUT2D eigenvalue weighted by Crippen LogP contribution is 2.36. The largest absolute Gasteiger partial charge is 0.485 e. The van der Waals surface area contributed by atoms with Crippen molar-refractivity contribution in [3.8, 4) is 11.5 Å². The summed E-state index contributed by atoms with van der Waals surface area (Å²) in [5.74, 6) is 2.45. The lowest BCUT2D eigenvalue weighted by Gasteiger charge is -2.25. The van der Waals surface area contributed by atoms with Crippen LogP contribution >= 0.6 is 11.3 Å². The Bertz CT molecular complexity index is 886. The highest BCUT2D eigenvalue weighted by atomic mass is 32.1. The van der Waals surface area contributed by atoms with Crippen molar-refractivity contribution in [2.75, 3.05) is 19.7 Å². The summed E-state index contributed by atoms with van der Waals surface area (Å²) in [6.45, 7) is 3.52. The van der Waals surface area contributed by atoms with Gasteiger partial charge in [-0.15, -0.1) is 10.2 Å². The summed E-state index contributed by atoms with van der Waals surface area (Å²) in [4.78, 5) is 3.24. The van der Waals surface area contributed by atoms with Crippen molar-refractivity contribution < 1.29 is 9.47 Å². The van der Waals surface area contributed by atoms with Gasteiger partial charge < -0.3 is 9.47 Å². The fourth-order valence-corrected chi connectivity index (χ4v) is 4.23. The predicted molar refractivity (Wildman–Crippen MR) is 93.1 cm³/mol. The standard InChI is InChI=1S/C17H19N5O2S/c1-4-8-21(9-5-1)10-15-18-19-17-22(15)20-16(25-17)14-11-23-12-6-2-3-7-13(12)24-14/h2-3,6-7,14H,1,4-5,8-11H2. The first-order valence-electron chi connectivity index (χ1n) is 8.69. The van der Waals surface area contributed by atoms with Crippen molar-refractivity contribution in [2.24, 2.45) is 0 Å². The minimum absolute atomic E-state index is 0.204. The lowest BCUT2D eigenvalue weighted by Crippen LogP contribution is -2.30. The SMILES string of the molecule is c1ccc2c(c1)OCC(c1nn3c(CN4CCCCC4)nnc3s1)O2. The van der Waals surface area contributed by atoms with Gasteiger partial charge in [0.1, 0.15) is 6.61 Å². The van der Waals surface area contributed by atoms with Gasteiger partial charge in [0.05, 0.1) is 6.54 Å². The first-order chi connectivity index (χ1) is 12.4. The molecule has 2 aliphatic heterocycles. The molecule has 1 aromatic carbocycles. The van der Waals surface area contributed by atoms with Crippen LogP contribution in [0, 0.1) is 0 Å².